The molecule has 11 heteroatoms. The number of likely N-dealkylation sites (N-methyl/N-ethyl adjacent to an activating group) is 1. The first-order valence-corrected chi connectivity index (χ1v) is 13.4. The van der Waals surface area contributed by atoms with Crippen molar-refractivity contribution in [3.05, 3.63) is 73.3 Å². The molecule has 0 fully saturated rings. The predicted molar refractivity (Wildman–Crippen MR) is 153 cm³/mol. The van der Waals surface area contributed by atoms with Crippen LogP contribution in [-0.2, 0) is 24.9 Å². The van der Waals surface area contributed by atoms with Gasteiger partial charge < -0.3 is 14.8 Å². The summed E-state index contributed by atoms with van der Waals surface area (Å²) in [4.78, 5) is 46.9. The first kappa shape index (κ1) is 27.0. The Balaban J connectivity index is 1.72. The molecule has 0 amide bonds. The second kappa shape index (κ2) is 10.2. The van der Waals surface area contributed by atoms with Gasteiger partial charge in [-0.05, 0) is 43.8 Å². The molecule has 1 aliphatic heterocycles. The monoisotopic (exact) mass is 551 g/mol. The molecule has 4 heterocycles. The molecule has 206 valence electrons. The average molecular weight is 552 g/mol. The van der Waals surface area contributed by atoms with Crippen LogP contribution in [0, 0.1) is 5.92 Å². The number of H-pyrrole nitrogens is 1. The number of hydrogen-bond donors (Lipinski definition) is 1. The van der Waals surface area contributed by atoms with Crippen LogP contribution in [-0.4, -0.2) is 67.2 Å². The van der Waals surface area contributed by atoms with Crippen LogP contribution in [0.3, 0.4) is 0 Å². The maximum atomic E-state index is 13.7. The summed E-state index contributed by atoms with van der Waals surface area (Å²) in [5.74, 6) is 0.208. The molecule has 0 saturated carbocycles. The van der Waals surface area contributed by atoms with Crippen molar-refractivity contribution >= 4 is 39.3 Å². The van der Waals surface area contributed by atoms with Gasteiger partial charge in [0.25, 0.3) is 5.56 Å². The quantitative estimate of drug-likeness (QED) is 0.361. The van der Waals surface area contributed by atoms with Crippen LogP contribution in [0.5, 0.6) is 0 Å². The Hall–Kier alpha value is -3.63. The minimum atomic E-state index is -0.393. The highest BCUT2D eigenvalue weighted by molar-refractivity contribution is 6.31. The van der Waals surface area contributed by atoms with E-state index in [-0.39, 0.29) is 23.3 Å². The van der Waals surface area contributed by atoms with Crippen LogP contribution in [0.25, 0.3) is 21.9 Å². The molecule has 0 radical (unpaired) electrons. The highest BCUT2D eigenvalue weighted by Crippen LogP contribution is 2.37. The van der Waals surface area contributed by atoms with Crippen molar-refractivity contribution in [2.24, 2.45) is 13.0 Å². The summed E-state index contributed by atoms with van der Waals surface area (Å²) in [6.45, 7) is 5.13. The third kappa shape index (κ3) is 4.83. The van der Waals surface area contributed by atoms with Crippen LogP contribution < -0.4 is 11.2 Å². The highest BCUT2D eigenvalue weighted by atomic mass is 35.5. The van der Waals surface area contributed by atoms with E-state index in [1.54, 1.807) is 4.57 Å². The normalized spacial score (nSPS) is 15.9. The highest BCUT2D eigenvalue weighted by Gasteiger charge is 2.34. The summed E-state index contributed by atoms with van der Waals surface area (Å²) in [5.41, 5.74) is 2.86. The topological polar surface area (TPSA) is 101 Å². The fraction of sp³-hybridized carbons (Fsp3) is 0.429. The number of rotatable bonds is 8. The second-order valence-corrected chi connectivity index (χ2v) is 11.5. The molecule has 1 N–H and O–H groups in total. The van der Waals surface area contributed by atoms with Crippen molar-refractivity contribution < 1.29 is 4.79 Å². The van der Waals surface area contributed by atoms with Gasteiger partial charge in [-0.1, -0.05) is 25.4 Å². The summed E-state index contributed by atoms with van der Waals surface area (Å²) < 4.78 is 4.57. The number of nitrogens with one attached hydrogen (secondary N) is 1. The molecule has 0 bridgehead atoms. The second-order valence-electron chi connectivity index (χ2n) is 11.1. The van der Waals surface area contributed by atoms with Crippen molar-refractivity contribution in [3.63, 3.8) is 0 Å². The molecule has 5 rings (SSSR count). The maximum Gasteiger partial charge on any atom is 0.332 e. The Morgan fingerprint density at radius 1 is 1.23 bits per heavy atom. The van der Waals surface area contributed by atoms with Crippen LogP contribution in [0.2, 0.25) is 5.02 Å². The van der Waals surface area contributed by atoms with E-state index in [2.05, 4.69) is 4.98 Å². The lowest BCUT2D eigenvalue weighted by atomic mass is 10.0. The summed E-state index contributed by atoms with van der Waals surface area (Å²) in [6, 6.07) is 5.36. The lowest BCUT2D eigenvalue weighted by molar-refractivity contribution is -0.116. The third-order valence-corrected chi connectivity index (χ3v) is 7.50. The van der Waals surface area contributed by atoms with E-state index in [0.717, 1.165) is 21.0 Å². The van der Waals surface area contributed by atoms with Crippen molar-refractivity contribution in [2.45, 2.75) is 39.4 Å². The number of halogens is 1. The molecular weight excluding hydrogens is 518 g/mol. The zero-order valence-corrected chi connectivity index (χ0v) is 23.9. The van der Waals surface area contributed by atoms with Crippen molar-refractivity contribution in [3.8, 4) is 0 Å². The predicted octanol–water partition coefficient (Wildman–Crippen LogP) is 3.13. The number of hydrogen-bond acceptors (Lipinski definition) is 6. The number of aromatic nitrogens is 5. The Morgan fingerprint density at radius 3 is 2.67 bits per heavy atom. The maximum absolute atomic E-state index is 13.7. The summed E-state index contributed by atoms with van der Waals surface area (Å²) in [7, 11) is 7.14. The van der Waals surface area contributed by atoms with Crippen LogP contribution >= 0.6 is 11.6 Å². The molecule has 1 aromatic carbocycles. The standard InChI is InChI=1S/C28H34ClN7O3/c1-16(2)12-35-26-24(27(38)34(6)28(35)39)25(22-9-17(13-33(22)5)23(37)15-32(3)4)36(31-26)14-18-11-30-21-8-7-19(29)10-20(18)21/h7-8,10-11,13,16,22,30H,9,12,14-15H2,1-6H3. The van der Waals surface area contributed by atoms with Gasteiger partial charge in [0.1, 0.15) is 5.39 Å². The van der Waals surface area contributed by atoms with E-state index >= 15 is 0 Å². The number of ketones is 1. The molecule has 0 saturated heterocycles. The van der Waals surface area contributed by atoms with Gasteiger partial charge in [0, 0.05) is 61.0 Å². The molecule has 0 aliphatic carbocycles. The molecule has 1 atom stereocenters. The van der Waals surface area contributed by atoms with Gasteiger partial charge >= 0.3 is 5.69 Å². The Labute approximate surface area is 231 Å². The van der Waals surface area contributed by atoms with Gasteiger partial charge in [0.15, 0.2) is 11.4 Å². The summed E-state index contributed by atoms with van der Waals surface area (Å²) in [6.07, 6.45) is 4.22. The number of carbonyl (C=O) groups is 1. The minimum Gasteiger partial charge on any atom is -0.371 e. The van der Waals surface area contributed by atoms with Gasteiger partial charge in [0.05, 0.1) is 24.8 Å². The fourth-order valence-electron chi connectivity index (χ4n) is 5.42. The zero-order chi connectivity index (χ0) is 28.2. The van der Waals surface area contributed by atoms with Gasteiger partial charge in [-0.15, -0.1) is 0 Å². The molecular formula is C28H34ClN7O3. The van der Waals surface area contributed by atoms with Crippen LogP contribution in [0.4, 0.5) is 0 Å². The number of Topliss-reactive ketones (excluding diaryl/α,β-unsaturated/α-hetero) is 1. The third-order valence-electron chi connectivity index (χ3n) is 7.26. The van der Waals surface area contributed by atoms with E-state index in [4.69, 9.17) is 16.7 Å². The smallest absolute Gasteiger partial charge is 0.332 e. The van der Waals surface area contributed by atoms with Gasteiger partial charge in [-0.3, -0.25) is 23.4 Å². The Kier molecular flexibility index (Phi) is 7.02. The molecule has 10 nitrogen and oxygen atoms in total. The minimum absolute atomic E-state index is 0.0422. The van der Waals surface area contributed by atoms with Crippen molar-refractivity contribution in [2.75, 3.05) is 27.7 Å². The van der Waals surface area contributed by atoms with E-state index in [1.165, 1.54) is 7.05 Å². The fourth-order valence-corrected chi connectivity index (χ4v) is 5.59. The largest absolute Gasteiger partial charge is 0.371 e. The SMILES string of the molecule is CC(C)Cn1c(=O)n(C)c(=O)c2c(C3CC(C(=O)CN(C)C)=CN3C)n(Cc3c[nH]c4ccc(Cl)cc34)nc21. The van der Waals surface area contributed by atoms with E-state index in [9.17, 15) is 14.4 Å². The van der Waals surface area contributed by atoms with Crippen LogP contribution in [0.1, 0.15) is 37.6 Å². The zero-order valence-electron chi connectivity index (χ0n) is 23.2. The van der Waals surface area contributed by atoms with Gasteiger partial charge in [-0.25, -0.2) is 4.79 Å². The van der Waals surface area contributed by atoms with Gasteiger partial charge in [-0.2, -0.15) is 5.10 Å². The Morgan fingerprint density at radius 2 is 1.97 bits per heavy atom. The molecule has 3 aromatic heterocycles. The molecule has 39 heavy (non-hydrogen) atoms. The molecule has 0 spiro atoms. The number of fused-ring (bicyclic) bond motifs is 2. The molecule has 1 aliphatic rings. The lowest BCUT2D eigenvalue weighted by Crippen LogP contribution is -2.39. The lowest BCUT2D eigenvalue weighted by Gasteiger charge is -2.22. The van der Waals surface area contributed by atoms with Gasteiger partial charge in [0.2, 0.25) is 0 Å². The first-order chi connectivity index (χ1) is 18.5. The van der Waals surface area contributed by atoms with Crippen LogP contribution in [0.15, 0.2) is 45.8 Å². The summed E-state index contributed by atoms with van der Waals surface area (Å²) >= 11 is 6.31. The number of nitrogens with zero attached hydrogens (tertiary/aromatic N) is 6. The summed E-state index contributed by atoms with van der Waals surface area (Å²) in [5, 5.41) is 6.89. The first-order valence-electron chi connectivity index (χ1n) is 13.0. The van der Waals surface area contributed by atoms with Crippen molar-refractivity contribution in [1.82, 2.24) is 33.7 Å². The van der Waals surface area contributed by atoms with E-state index in [0.29, 0.717) is 53.4 Å². The molecule has 1 unspecified atom stereocenters. The number of carbonyl (C=O) groups excluding carboxylic acids is 1. The molecule has 4 aromatic rings. The Bertz CT molecular complexity index is 1740. The van der Waals surface area contributed by atoms with E-state index < -0.39 is 5.69 Å². The number of aromatic amines is 1. The average Bonchev–Trinajstić information content (AvgIpc) is 3.55. The van der Waals surface area contributed by atoms with E-state index in [1.807, 2.05) is 80.1 Å². The van der Waals surface area contributed by atoms with Crippen molar-refractivity contribution in [1.29, 1.82) is 0 Å². The number of benzene rings is 1.